The van der Waals surface area contributed by atoms with E-state index in [0.29, 0.717) is 6.42 Å². The maximum Gasteiger partial charge on any atom is 0.115 e. The maximum atomic E-state index is 11.6. The molecule has 0 saturated carbocycles. The quantitative estimate of drug-likeness (QED) is 0.692. The molecule has 0 aliphatic carbocycles. The smallest absolute Gasteiger partial charge is 0.115 e. The average molecular weight is 302 g/mol. The fourth-order valence-corrected chi connectivity index (χ4v) is 3.28. The standard InChI is InChI=1S/C22H22O/c1-3-22(23,20-15-9-7-11-17(20)2)21-16-10-8-14-19(21)18-12-5-4-6-13-18/h4-16,23H,3H2,1-2H3. The van der Waals surface area contributed by atoms with Crippen molar-refractivity contribution < 1.29 is 5.11 Å². The van der Waals surface area contributed by atoms with Crippen molar-refractivity contribution in [3.63, 3.8) is 0 Å². The largest absolute Gasteiger partial charge is 0.380 e. The zero-order valence-corrected chi connectivity index (χ0v) is 13.7. The Hall–Kier alpha value is -2.38. The molecule has 1 nitrogen and oxygen atoms in total. The van der Waals surface area contributed by atoms with Crippen LogP contribution in [0.4, 0.5) is 0 Å². The van der Waals surface area contributed by atoms with Gasteiger partial charge in [-0.3, -0.25) is 0 Å². The summed E-state index contributed by atoms with van der Waals surface area (Å²) in [5.41, 5.74) is 4.27. The summed E-state index contributed by atoms with van der Waals surface area (Å²) in [5, 5.41) is 11.6. The molecule has 23 heavy (non-hydrogen) atoms. The summed E-state index contributed by atoms with van der Waals surface area (Å²) in [6, 6.07) is 26.5. The Morgan fingerprint density at radius 1 is 0.739 bits per heavy atom. The van der Waals surface area contributed by atoms with Gasteiger partial charge in [-0.1, -0.05) is 85.8 Å². The minimum atomic E-state index is -0.988. The van der Waals surface area contributed by atoms with Crippen LogP contribution in [0.3, 0.4) is 0 Å². The molecule has 0 spiro atoms. The Balaban J connectivity index is 2.23. The number of hydrogen-bond donors (Lipinski definition) is 1. The topological polar surface area (TPSA) is 20.2 Å². The van der Waals surface area contributed by atoms with Gasteiger partial charge in [-0.2, -0.15) is 0 Å². The van der Waals surface area contributed by atoms with Crippen LogP contribution >= 0.6 is 0 Å². The van der Waals surface area contributed by atoms with E-state index < -0.39 is 5.60 Å². The van der Waals surface area contributed by atoms with Gasteiger partial charge in [0.25, 0.3) is 0 Å². The number of aryl methyl sites for hydroxylation is 1. The number of benzene rings is 3. The Labute approximate surface area is 138 Å². The van der Waals surface area contributed by atoms with Crippen LogP contribution in [0.5, 0.6) is 0 Å². The van der Waals surface area contributed by atoms with Crippen LogP contribution in [-0.4, -0.2) is 5.11 Å². The van der Waals surface area contributed by atoms with Gasteiger partial charge < -0.3 is 5.11 Å². The first-order valence-corrected chi connectivity index (χ1v) is 8.10. The van der Waals surface area contributed by atoms with Crippen LogP contribution in [0.2, 0.25) is 0 Å². The number of hydrogen-bond acceptors (Lipinski definition) is 1. The molecular weight excluding hydrogens is 280 g/mol. The zero-order chi connectivity index (χ0) is 16.3. The van der Waals surface area contributed by atoms with Gasteiger partial charge >= 0.3 is 0 Å². The first-order chi connectivity index (χ1) is 11.2. The minimum absolute atomic E-state index is 0.627. The lowest BCUT2D eigenvalue weighted by Gasteiger charge is -2.31. The molecule has 1 unspecified atom stereocenters. The molecule has 0 radical (unpaired) electrons. The normalized spacial score (nSPS) is 13.5. The highest BCUT2D eigenvalue weighted by atomic mass is 16.3. The van der Waals surface area contributed by atoms with Gasteiger partial charge in [-0.25, -0.2) is 0 Å². The summed E-state index contributed by atoms with van der Waals surface area (Å²) in [7, 11) is 0. The van der Waals surface area contributed by atoms with Crippen LogP contribution in [0, 0.1) is 6.92 Å². The van der Waals surface area contributed by atoms with E-state index >= 15 is 0 Å². The van der Waals surface area contributed by atoms with Gasteiger partial charge in [0, 0.05) is 0 Å². The highest BCUT2D eigenvalue weighted by molar-refractivity contribution is 5.69. The van der Waals surface area contributed by atoms with Crippen LogP contribution in [0.25, 0.3) is 11.1 Å². The molecule has 116 valence electrons. The molecular formula is C22H22O. The molecule has 1 heteroatoms. The van der Waals surface area contributed by atoms with E-state index in [1.54, 1.807) is 0 Å². The highest BCUT2D eigenvalue weighted by Crippen LogP contribution is 2.39. The zero-order valence-electron chi connectivity index (χ0n) is 13.7. The number of aliphatic hydroxyl groups is 1. The van der Waals surface area contributed by atoms with Crippen molar-refractivity contribution >= 4 is 0 Å². The average Bonchev–Trinajstić information content (AvgIpc) is 2.62. The molecule has 0 amide bonds. The first kappa shape index (κ1) is 15.5. The van der Waals surface area contributed by atoms with Crippen molar-refractivity contribution in [1.82, 2.24) is 0 Å². The Morgan fingerprint density at radius 2 is 1.30 bits per heavy atom. The molecule has 1 N–H and O–H groups in total. The Kier molecular flexibility index (Phi) is 4.31. The fourth-order valence-electron chi connectivity index (χ4n) is 3.28. The van der Waals surface area contributed by atoms with Gasteiger partial charge in [0.05, 0.1) is 0 Å². The van der Waals surface area contributed by atoms with Gasteiger partial charge in [-0.15, -0.1) is 0 Å². The van der Waals surface area contributed by atoms with E-state index in [0.717, 1.165) is 27.8 Å². The summed E-state index contributed by atoms with van der Waals surface area (Å²) < 4.78 is 0. The molecule has 3 aromatic carbocycles. The van der Waals surface area contributed by atoms with E-state index in [-0.39, 0.29) is 0 Å². The molecule has 0 aliphatic heterocycles. The maximum absolute atomic E-state index is 11.6. The Morgan fingerprint density at radius 3 is 1.96 bits per heavy atom. The van der Waals surface area contributed by atoms with Gasteiger partial charge in [0.2, 0.25) is 0 Å². The number of rotatable bonds is 4. The molecule has 0 heterocycles. The fraction of sp³-hybridized carbons (Fsp3) is 0.182. The third kappa shape index (κ3) is 2.80. The second-order valence-corrected chi connectivity index (χ2v) is 5.94. The second kappa shape index (κ2) is 6.39. The van der Waals surface area contributed by atoms with E-state index in [1.165, 1.54) is 0 Å². The molecule has 0 saturated heterocycles. The van der Waals surface area contributed by atoms with E-state index in [4.69, 9.17) is 0 Å². The summed E-state index contributed by atoms with van der Waals surface area (Å²) >= 11 is 0. The summed E-state index contributed by atoms with van der Waals surface area (Å²) in [5.74, 6) is 0. The van der Waals surface area contributed by atoms with Crippen molar-refractivity contribution in [3.05, 3.63) is 95.6 Å². The predicted octanol–water partition coefficient (Wildman–Crippen LogP) is 5.31. The second-order valence-electron chi connectivity index (χ2n) is 5.94. The van der Waals surface area contributed by atoms with Crippen LogP contribution in [-0.2, 0) is 5.60 Å². The monoisotopic (exact) mass is 302 g/mol. The lowest BCUT2D eigenvalue weighted by Crippen LogP contribution is -2.28. The molecule has 0 aromatic heterocycles. The minimum Gasteiger partial charge on any atom is -0.380 e. The summed E-state index contributed by atoms with van der Waals surface area (Å²) in [6.07, 6.45) is 0.627. The SMILES string of the molecule is CCC(O)(c1ccccc1C)c1ccccc1-c1ccccc1. The third-order valence-corrected chi connectivity index (χ3v) is 4.56. The first-order valence-electron chi connectivity index (χ1n) is 8.10. The molecule has 0 bridgehead atoms. The van der Waals surface area contributed by atoms with Crippen molar-refractivity contribution in [3.8, 4) is 11.1 Å². The Bertz CT molecular complexity index is 792. The van der Waals surface area contributed by atoms with Gasteiger partial charge in [0.15, 0.2) is 0 Å². The van der Waals surface area contributed by atoms with Crippen LogP contribution in [0.1, 0.15) is 30.0 Å². The lowest BCUT2D eigenvalue weighted by atomic mass is 9.78. The van der Waals surface area contributed by atoms with Crippen LogP contribution < -0.4 is 0 Å². The highest BCUT2D eigenvalue weighted by Gasteiger charge is 2.32. The lowest BCUT2D eigenvalue weighted by molar-refractivity contribution is 0.0764. The van der Waals surface area contributed by atoms with E-state index in [1.807, 2.05) is 61.5 Å². The summed E-state index contributed by atoms with van der Waals surface area (Å²) in [4.78, 5) is 0. The summed E-state index contributed by atoms with van der Waals surface area (Å²) in [6.45, 7) is 4.09. The van der Waals surface area contributed by atoms with Crippen LogP contribution in [0.15, 0.2) is 78.9 Å². The molecule has 3 rings (SSSR count). The van der Waals surface area contributed by atoms with Crippen molar-refractivity contribution in [2.24, 2.45) is 0 Å². The molecule has 3 aromatic rings. The molecule has 0 fully saturated rings. The molecule has 0 aliphatic rings. The van der Waals surface area contributed by atoms with Gasteiger partial charge in [-0.05, 0) is 41.2 Å². The van der Waals surface area contributed by atoms with Crippen molar-refractivity contribution in [2.45, 2.75) is 25.9 Å². The predicted molar refractivity (Wildman–Crippen MR) is 96.3 cm³/mol. The van der Waals surface area contributed by atoms with Crippen molar-refractivity contribution in [2.75, 3.05) is 0 Å². The molecule has 1 atom stereocenters. The van der Waals surface area contributed by atoms with E-state index in [9.17, 15) is 5.11 Å². The third-order valence-electron chi connectivity index (χ3n) is 4.56. The van der Waals surface area contributed by atoms with Gasteiger partial charge in [0.1, 0.15) is 5.60 Å². The van der Waals surface area contributed by atoms with E-state index in [2.05, 4.69) is 31.2 Å². The van der Waals surface area contributed by atoms with Crippen molar-refractivity contribution in [1.29, 1.82) is 0 Å².